The summed E-state index contributed by atoms with van der Waals surface area (Å²) in [6, 6.07) is 15.5. The fourth-order valence-electron chi connectivity index (χ4n) is 3.16. The van der Waals surface area contributed by atoms with E-state index < -0.39 is 6.10 Å². The maximum Gasteiger partial charge on any atom is 0.0802 e. The lowest BCUT2D eigenvalue weighted by atomic mass is 9.83. The highest BCUT2D eigenvalue weighted by molar-refractivity contribution is 6.30. The van der Waals surface area contributed by atoms with Crippen molar-refractivity contribution in [2.75, 3.05) is 6.54 Å². The predicted molar refractivity (Wildman–Crippen MR) is 91.8 cm³/mol. The van der Waals surface area contributed by atoms with E-state index in [-0.39, 0.29) is 12.0 Å². The molecule has 1 aliphatic heterocycles. The van der Waals surface area contributed by atoms with Crippen LogP contribution in [-0.4, -0.2) is 23.8 Å². The monoisotopic (exact) mass is 335 g/mol. The highest BCUT2D eigenvalue weighted by atomic mass is 35.5. The second-order valence-electron chi connectivity index (χ2n) is 5.77. The summed E-state index contributed by atoms with van der Waals surface area (Å²) in [4.78, 5) is 0. The molecule has 0 aliphatic carbocycles. The van der Waals surface area contributed by atoms with Crippen LogP contribution in [0.4, 0.5) is 0 Å². The maximum absolute atomic E-state index is 10.9. The molecule has 2 aromatic rings. The third-order valence-corrected chi connectivity index (χ3v) is 4.81. The van der Waals surface area contributed by atoms with Crippen LogP contribution in [0.2, 0.25) is 10.0 Å². The van der Waals surface area contributed by atoms with Gasteiger partial charge in [0.2, 0.25) is 0 Å². The zero-order valence-electron chi connectivity index (χ0n) is 12.2. The topological polar surface area (TPSA) is 32.3 Å². The first-order chi connectivity index (χ1) is 10.6. The van der Waals surface area contributed by atoms with Gasteiger partial charge in [0.1, 0.15) is 0 Å². The predicted octanol–water partition coefficient (Wildman–Crippen LogP) is 4.24. The Kier molecular flexibility index (Phi) is 5.04. The van der Waals surface area contributed by atoms with E-state index in [2.05, 4.69) is 5.32 Å². The molecule has 2 aromatic carbocycles. The van der Waals surface area contributed by atoms with Gasteiger partial charge in [-0.15, -0.1) is 0 Å². The molecule has 1 aliphatic rings. The van der Waals surface area contributed by atoms with Gasteiger partial charge in [-0.25, -0.2) is 0 Å². The molecular formula is C18H19Cl2NO. The summed E-state index contributed by atoms with van der Waals surface area (Å²) in [6.07, 6.45) is 1.62. The highest BCUT2D eigenvalue weighted by Gasteiger charge is 2.31. The quantitative estimate of drug-likeness (QED) is 0.875. The number of hydrogen-bond donors (Lipinski definition) is 2. The van der Waals surface area contributed by atoms with Crippen molar-refractivity contribution in [1.29, 1.82) is 0 Å². The van der Waals surface area contributed by atoms with Gasteiger partial charge in [-0.1, -0.05) is 47.5 Å². The molecule has 2 N–H and O–H groups in total. The van der Waals surface area contributed by atoms with Crippen molar-refractivity contribution >= 4 is 23.2 Å². The number of hydrogen-bond acceptors (Lipinski definition) is 2. The van der Waals surface area contributed by atoms with E-state index in [0.717, 1.165) is 30.5 Å². The highest BCUT2D eigenvalue weighted by Crippen LogP contribution is 2.33. The van der Waals surface area contributed by atoms with Crippen molar-refractivity contribution in [2.45, 2.75) is 30.9 Å². The summed E-state index contributed by atoms with van der Waals surface area (Å²) in [5, 5.41) is 15.7. The summed E-state index contributed by atoms with van der Waals surface area (Å²) in [5.74, 6) is -0.0925. The summed E-state index contributed by atoms with van der Waals surface area (Å²) in [5.41, 5.74) is 2.13. The van der Waals surface area contributed by atoms with Crippen molar-refractivity contribution < 1.29 is 5.11 Å². The Morgan fingerprint density at radius 1 is 0.909 bits per heavy atom. The first-order valence-corrected chi connectivity index (χ1v) is 8.33. The summed E-state index contributed by atoms with van der Waals surface area (Å²) >= 11 is 12.0. The lowest BCUT2D eigenvalue weighted by Gasteiger charge is -2.28. The van der Waals surface area contributed by atoms with Crippen LogP contribution in [0.1, 0.15) is 29.9 Å². The van der Waals surface area contributed by atoms with Crippen LogP contribution in [-0.2, 0) is 0 Å². The van der Waals surface area contributed by atoms with Crippen LogP contribution in [0.15, 0.2) is 48.5 Å². The molecule has 22 heavy (non-hydrogen) atoms. The summed E-state index contributed by atoms with van der Waals surface area (Å²) in [6.45, 7) is 0.968. The smallest absolute Gasteiger partial charge is 0.0802 e. The molecule has 0 amide bonds. The second-order valence-corrected chi connectivity index (χ2v) is 6.65. The zero-order chi connectivity index (χ0) is 15.5. The van der Waals surface area contributed by atoms with Gasteiger partial charge >= 0.3 is 0 Å². The molecule has 1 heterocycles. The molecule has 0 saturated carbocycles. The van der Waals surface area contributed by atoms with E-state index in [0.29, 0.717) is 10.0 Å². The molecule has 2 nitrogen and oxygen atoms in total. The van der Waals surface area contributed by atoms with Crippen molar-refractivity contribution in [3.8, 4) is 0 Å². The fourth-order valence-corrected chi connectivity index (χ4v) is 3.41. The number of nitrogens with one attached hydrogen (secondary N) is 1. The molecule has 0 unspecified atom stereocenters. The Hall–Kier alpha value is -1.06. The largest absolute Gasteiger partial charge is 0.391 e. The van der Waals surface area contributed by atoms with Crippen LogP contribution in [0.3, 0.4) is 0 Å². The number of aliphatic hydroxyl groups excluding tert-OH is 1. The molecule has 116 valence electrons. The Bertz CT molecular complexity index is 560. The minimum absolute atomic E-state index is 0.0925. The van der Waals surface area contributed by atoms with Gasteiger partial charge in [-0.05, 0) is 54.8 Å². The number of rotatable bonds is 4. The van der Waals surface area contributed by atoms with Crippen molar-refractivity contribution in [1.82, 2.24) is 5.32 Å². The summed E-state index contributed by atoms with van der Waals surface area (Å²) in [7, 11) is 0. The van der Waals surface area contributed by atoms with E-state index in [4.69, 9.17) is 23.2 Å². The second kappa shape index (κ2) is 7.01. The minimum Gasteiger partial charge on any atom is -0.391 e. The standard InChI is InChI=1S/C18H19Cl2NO/c19-14-7-3-12(4-8-14)17(13-5-9-15(20)10-6-13)18(22)16-2-1-11-21-16/h3-10,16-18,21-22H,1-2,11H2/t16-,18-/m0/s1. The number of halogens is 2. The molecule has 0 aromatic heterocycles. The van der Waals surface area contributed by atoms with Crippen LogP contribution >= 0.6 is 23.2 Å². The lowest BCUT2D eigenvalue weighted by Crippen LogP contribution is -2.39. The van der Waals surface area contributed by atoms with Gasteiger partial charge < -0.3 is 10.4 Å². The number of benzene rings is 2. The minimum atomic E-state index is -0.482. The SMILES string of the molecule is O[C@H](C(c1ccc(Cl)cc1)c1ccc(Cl)cc1)[C@@H]1CCCN1. The van der Waals surface area contributed by atoms with Crippen molar-refractivity contribution in [3.05, 3.63) is 69.7 Å². The van der Waals surface area contributed by atoms with Crippen LogP contribution in [0.5, 0.6) is 0 Å². The zero-order valence-corrected chi connectivity index (χ0v) is 13.7. The molecule has 0 spiro atoms. The Morgan fingerprint density at radius 2 is 1.41 bits per heavy atom. The van der Waals surface area contributed by atoms with E-state index >= 15 is 0 Å². The Balaban J connectivity index is 1.97. The van der Waals surface area contributed by atoms with Crippen LogP contribution < -0.4 is 5.32 Å². The molecule has 2 atom stereocenters. The molecule has 0 bridgehead atoms. The van der Waals surface area contributed by atoms with Crippen molar-refractivity contribution in [2.24, 2.45) is 0 Å². The third kappa shape index (κ3) is 3.47. The first-order valence-electron chi connectivity index (χ1n) is 7.57. The molecule has 3 rings (SSSR count). The molecular weight excluding hydrogens is 317 g/mol. The molecule has 4 heteroatoms. The van der Waals surface area contributed by atoms with Crippen molar-refractivity contribution in [3.63, 3.8) is 0 Å². The summed E-state index contributed by atoms with van der Waals surface area (Å²) < 4.78 is 0. The third-order valence-electron chi connectivity index (χ3n) is 4.31. The van der Waals surface area contributed by atoms with Gasteiger partial charge in [0.25, 0.3) is 0 Å². The lowest BCUT2D eigenvalue weighted by molar-refractivity contribution is 0.119. The van der Waals surface area contributed by atoms with Gasteiger partial charge in [-0.3, -0.25) is 0 Å². The van der Waals surface area contributed by atoms with Crippen LogP contribution in [0.25, 0.3) is 0 Å². The van der Waals surface area contributed by atoms with E-state index in [1.807, 2.05) is 48.5 Å². The Morgan fingerprint density at radius 3 is 1.82 bits per heavy atom. The van der Waals surface area contributed by atoms with Gasteiger partial charge in [0.05, 0.1) is 6.10 Å². The van der Waals surface area contributed by atoms with E-state index in [1.54, 1.807) is 0 Å². The van der Waals surface area contributed by atoms with Gasteiger partial charge in [0, 0.05) is 22.0 Å². The molecule has 0 radical (unpaired) electrons. The average molecular weight is 336 g/mol. The maximum atomic E-state index is 10.9. The molecule has 1 fully saturated rings. The average Bonchev–Trinajstić information content (AvgIpc) is 3.05. The van der Waals surface area contributed by atoms with Gasteiger partial charge in [-0.2, -0.15) is 0 Å². The van der Waals surface area contributed by atoms with E-state index in [1.165, 1.54) is 0 Å². The molecule has 1 saturated heterocycles. The normalized spacial score (nSPS) is 19.5. The van der Waals surface area contributed by atoms with E-state index in [9.17, 15) is 5.11 Å². The number of aliphatic hydroxyl groups is 1. The van der Waals surface area contributed by atoms with Gasteiger partial charge in [0.15, 0.2) is 0 Å². The van der Waals surface area contributed by atoms with Crippen LogP contribution in [0, 0.1) is 0 Å². The fraction of sp³-hybridized carbons (Fsp3) is 0.333. The first kappa shape index (κ1) is 15.8. The Labute approximate surface area is 141 Å².